The third kappa shape index (κ3) is 1.13. The predicted molar refractivity (Wildman–Crippen MR) is 44.4 cm³/mol. The van der Waals surface area contributed by atoms with Gasteiger partial charge in [-0.15, -0.1) is 0 Å². The molecule has 0 amide bonds. The van der Waals surface area contributed by atoms with Crippen molar-refractivity contribution >= 4 is 11.9 Å². The standard InChI is InChI=1S/C9H10O5/c1-13-9(12)7-5-3-2-4(14-5)6(7)8(10)11/h2-7H,1H3,(H,10,11)/t4?,5?,6?,7-/m1/s1. The van der Waals surface area contributed by atoms with Gasteiger partial charge in [0.2, 0.25) is 0 Å². The highest BCUT2D eigenvalue weighted by Gasteiger charge is 2.53. The largest absolute Gasteiger partial charge is 0.481 e. The zero-order valence-electron chi connectivity index (χ0n) is 7.54. The van der Waals surface area contributed by atoms with E-state index in [-0.39, 0.29) is 0 Å². The first-order chi connectivity index (χ1) is 6.65. The van der Waals surface area contributed by atoms with Crippen LogP contribution in [0.25, 0.3) is 0 Å². The van der Waals surface area contributed by atoms with Crippen LogP contribution >= 0.6 is 0 Å². The van der Waals surface area contributed by atoms with E-state index in [9.17, 15) is 9.59 Å². The van der Waals surface area contributed by atoms with E-state index in [1.807, 2.05) is 0 Å². The molecule has 2 heterocycles. The van der Waals surface area contributed by atoms with Crippen LogP contribution in [0, 0.1) is 11.8 Å². The molecule has 1 N–H and O–H groups in total. The number of fused-ring (bicyclic) bond motifs is 2. The third-order valence-corrected chi connectivity index (χ3v) is 2.66. The van der Waals surface area contributed by atoms with Crippen LogP contribution in [0.15, 0.2) is 12.2 Å². The summed E-state index contributed by atoms with van der Waals surface area (Å²) in [5, 5.41) is 8.93. The van der Waals surface area contributed by atoms with Gasteiger partial charge in [0.15, 0.2) is 0 Å². The summed E-state index contributed by atoms with van der Waals surface area (Å²) in [5.74, 6) is -3.04. The van der Waals surface area contributed by atoms with Crippen molar-refractivity contribution in [3.05, 3.63) is 12.2 Å². The summed E-state index contributed by atoms with van der Waals surface area (Å²) in [5.41, 5.74) is 0. The lowest BCUT2D eigenvalue weighted by Crippen LogP contribution is -2.36. The highest BCUT2D eigenvalue weighted by molar-refractivity contribution is 5.83. The van der Waals surface area contributed by atoms with Crippen molar-refractivity contribution in [2.24, 2.45) is 11.8 Å². The highest BCUT2D eigenvalue weighted by Crippen LogP contribution is 2.39. The SMILES string of the molecule is COC(=O)[C@@H]1C2C=CC(O2)C1C(=O)O. The van der Waals surface area contributed by atoms with Gasteiger partial charge in [0.25, 0.3) is 0 Å². The van der Waals surface area contributed by atoms with E-state index in [2.05, 4.69) is 4.74 Å². The number of hydrogen-bond donors (Lipinski definition) is 1. The lowest BCUT2D eigenvalue weighted by molar-refractivity contribution is -0.154. The van der Waals surface area contributed by atoms with Gasteiger partial charge in [0.05, 0.1) is 19.3 Å². The summed E-state index contributed by atoms with van der Waals surface area (Å²) in [6.45, 7) is 0. The number of ether oxygens (including phenoxy) is 2. The van der Waals surface area contributed by atoms with Crippen LogP contribution < -0.4 is 0 Å². The number of esters is 1. The van der Waals surface area contributed by atoms with Crippen molar-refractivity contribution in [2.75, 3.05) is 7.11 Å². The maximum Gasteiger partial charge on any atom is 0.312 e. The van der Waals surface area contributed by atoms with Gasteiger partial charge in [-0.3, -0.25) is 9.59 Å². The minimum absolute atomic E-state index is 0.437. The Morgan fingerprint density at radius 3 is 2.36 bits per heavy atom. The smallest absolute Gasteiger partial charge is 0.312 e. The van der Waals surface area contributed by atoms with Crippen LogP contribution in [0.4, 0.5) is 0 Å². The molecule has 0 spiro atoms. The zero-order chi connectivity index (χ0) is 10.3. The quantitative estimate of drug-likeness (QED) is 0.492. The highest BCUT2D eigenvalue weighted by atomic mass is 16.5. The van der Waals surface area contributed by atoms with E-state index in [1.165, 1.54) is 7.11 Å². The Kier molecular flexibility index (Phi) is 2.03. The molecule has 2 aliphatic rings. The zero-order valence-corrected chi connectivity index (χ0v) is 7.54. The minimum Gasteiger partial charge on any atom is -0.481 e. The molecule has 3 unspecified atom stereocenters. The fourth-order valence-corrected chi connectivity index (χ4v) is 2.02. The molecule has 1 fully saturated rings. The summed E-state index contributed by atoms with van der Waals surface area (Å²) >= 11 is 0. The Bertz CT molecular complexity index is 308. The summed E-state index contributed by atoms with van der Waals surface area (Å²) in [4.78, 5) is 22.2. The van der Waals surface area contributed by atoms with Crippen molar-refractivity contribution in [2.45, 2.75) is 12.2 Å². The molecule has 0 aliphatic carbocycles. The van der Waals surface area contributed by atoms with E-state index in [4.69, 9.17) is 9.84 Å². The summed E-state index contributed by atoms with van der Waals surface area (Å²) in [7, 11) is 1.25. The number of aliphatic carboxylic acids is 1. The molecule has 2 aliphatic heterocycles. The summed E-state index contributed by atoms with van der Waals surface area (Å²) in [6, 6.07) is 0. The molecule has 14 heavy (non-hydrogen) atoms. The third-order valence-electron chi connectivity index (χ3n) is 2.66. The number of rotatable bonds is 2. The topological polar surface area (TPSA) is 72.8 Å². The van der Waals surface area contributed by atoms with Gasteiger partial charge in [0.1, 0.15) is 11.8 Å². The van der Waals surface area contributed by atoms with Crippen LogP contribution in [0.2, 0.25) is 0 Å². The van der Waals surface area contributed by atoms with Crippen LogP contribution in [0.1, 0.15) is 0 Å². The van der Waals surface area contributed by atoms with Crippen LogP contribution in [-0.4, -0.2) is 36.4 Å². The molecule has 0 radical (unpaired) electrons. The van der Waals surface area contributed by atoms with Gasteiger partial charge in [0, 0.05) is 0 Å². The number of carbonyl (C=O) groups excluding carboxylic acids is 1. The molecule has 0 aromatic heterocycles. The van der Waals surface area contributed by atoms with Crippen LogP contribution in [-0.2, 0) is 19.1 Å². The Morgan fingerprint density at radius 1 is 1.29 bits per heavy atom. The van der Waals surface area contributed by atoms with Crippen molar-refractivity contribution in [3.8, 4) is 0 Å². The van der Waals surface area contributed by atoms with E-state index in [0.717, 1.165) is 0 Å². The average molecular weight is 198 g/mol. The second-order valence-corrected chi connectivity index (χ2v) is 3.36. The molecule has 2 bridgehead atoms. The lowest BCUT2D eigenvalue weighted by atomic mass is 9.83. The minimum atomic E-state index is -1.02. The fourth-order valence-electron chi connectivity index (χ4n) is 2.02. The van der Waals surface area contributed by atoms with Crippen molar-refractivity contribution in [1.82, 2.24) is 0 Å². The van der Waals surface area contributed by atoms with Crippen LogP contribution in [0.5, 0.6) is 0 Å². The number of carboxylic acid groups (broad SMARTS) is 1. The number of carbonyl (C=O) groups is 2. The predicted octanol–water partition coefficient (Wildman–Crippen LogP) is -0.186. The number of methoxy groups -OCH3 is 1. The van der Waals surface area contributed by atoms with Crippen LogP contribution in [0.3, 0.4) is 0 Å². The second kappa shape index (κ2) is 3.09. The Labute approximate surface area is 80.3 Å². The van der Waals surface area contributed by atoms with Gasteiger partial charge in [-0.2, -0.15) is 0 Å². The van der Waals surface area contributed by atoms with Gasteiger partial charge >= 0.3 is 11.9 Å². The molecule has 4 atom stereocenters. The summed E-state index contributed by atoms with van der Waals surface area (Å²) in [6.07, 6.45) is 2.48. The number of carboxylic acids is 1. The Balaban J connectivity index is 2.26. The van der Waals surface area contributed by atoms with E-state index >= 15 is 0 Å². The Hall–Kier alpha value is -1.36. The summed E-state index contributed by atoms with van der Waals surface area (Å²) < 4.78 is 9.84. The van der Waals surface area contributed by atoms with Crippen molar-refractivity contribution in [1.29, 1.82) is 0 Å². The second-order valence-electron chi connectivity index (χ2n) is 3.36. The molecule has 5 nitrogen and oxygen atoms in total. The first-order valence-corrected chi connectivity index (χ1v) is 4.29. The first-order valence-electron chi connectivity index (χ1n) is 4.29. The van der Waals surface area contributed by atoms with E-state index in [0.29, 0.717) is 0 Å². The average Bonchev–Trinajstić information content (AvgIpc) is 2.74. The Morgan fingerprint density at radius 2 is 1.86 bits per heavy atom. The van der Waals surface area contributed by atoms with E-state index < -0.39 is 36.0 Å². The van der Waals surface area contributed by atoms with Gasteiger partial charge < -0.3 is 14.6 Å². The van der Waals surface area contributed by atoms with Crippen molar-refractivity contribution < 1.29 is 24.2 Å². The maximum absolute atomic E-state index is 11.3. The normalized spacial score (nSPS) is 38.6. The maximum atomic E-state index is 11.3. The molecular formula is C9H10O5. The lowest BCUT2D eigenvalue weighted by Gasteiger charge is -2.18. The van der Waals surface area contributed by atoms with E-state index in [1.54, 1.807) is 12.2 Å². The molecule has 0 aromatic carbocycles. The molecule has 0 aromatic rings. The van der Waals surface area contributed by atoms with Gasteiger partial charge in [-0.25, -0.2) is 0 Å². The molecule has 2 rings (SSSR count). The monoisotopic (exact) mass is 198 g/mol. The molecular weight excluding hydrogens is 188 g/mol. The van der Waals surface area contributed by atoms with Gasteiger partial charge in [-0.05, 0) is 0 Å². The molecule has 76 valence electrons. The molecule has 1 saturated heterocycles. The molecule has 5 heteroatoms. The molecule has 0 saturated carbocycles. The fraction of sp³-hybridized carbons (Fsp3) is 0.556. The number of hydrogen-bond acceptors (Lipinski definition) is 4. The van der Waals surface area contributed by atoms with Crippen molar-refractivity contribution in [3.63, 3.8) is 0 Å². The van der Waals surface area contributed by atoms with Gasteiger partial charge in [-0.1, -0.05) is 12.2 Å². The first kappa shape index (κ1) is 9.21.